The van der Waals surface area contributed by atoms with Crippen molar-refractivity contribution in [3.05, 3.63) is 34.2 Å². The van der Waals surface area contributed by atoms with Crippen molar-refractivity contribution in [2.75, 3.05) is 20.0 Å². The second kappa shape index (κ2) is 5.54. The molecule has 0 amide bonds. The first-order valence-corrected chi connectivity index (χ1v) is 6.56. The van der Waals surface area contributed by atoms with Crippen LogP contribution in [0.5, 0.6) is 5.75 Å². The summed E-state index contributed by atoms with van der Waals surface area (Å²) in [5, 5.41) is 0. The number of nitrogens with zero attached hydrogens (tertiary/aromatic N) is 2. The number of nitrogens with two attached hydrogens (primary N) is 1. The van der Waals surface area contributed by atoms with Gasteiger partial charge in [-0.25, -0.2) is 9.78 Å². The van der Waals surface area contributed by atoms with Crippen LogP contribution in [0.4, 0.5) is 5.82 Å². The zero-order valence-electron chi connectivity index (χ0n) is 11.3. The molecule has 0 aliphatic carbocycles. The largest absolute Gasteiger partial charge is 0.495 e. The Kier molecular flexibility index (Phi) is 3.99. The van der Waals surface area contributed by atoms with Gasteiger partial charge in [-0.05, 0) is 25.1 Å². The average Bonchev–Trinajstić information content (AvgIpc) is 2.73. The molecule has 106 valence electrons. The van der Waals surface area contributed by atoms with Gasteiger partial charge < -0.3 is 15.2 Å². The monoisotopic (exact) mass is 339 g/mol. The van der Waals surface area contributed by atoms with Crippen molar-refractivity contribution in [3.8, 4) is 11.4 Å². The van der Waals surface area contributed by atoms with E-state index in [-0.39, 0.29) is 11.5 Å². The molecular formula is C13H14BrN3O3. The van der Waals surface area contributed by atoms with E-state index in [0.29, 0.717) is 17.3 Å². The maximum atomic E-state index is 11.6. The van der Waals surface area contributed by atoms with Crippen molar-refractivity contribution in [1.29, 1.82) is 0 Å². The molecular weight excluding hydrogens is 326 g/mol. The topological polar surface area (TPSA) is 79.4 Å². The fourth-order valence-corrected chi connectivity index (χ4v) is 2.29. The minimum absolute atomic E-state index is 0.0898. The molecule has 0 radical (unpaired) electrons. The third-order valence-electron chi connectivity index (χ3n) is 2.84. The molecule has 0 atom stereocenters. The number of carbonyl (C=O) groups is 1. The summed E-state index contributed by atoms with van der Waals surface area (Å²) in [7, 11) is 2.85. The number of nitrogen functional groups attached to an aromatic ring is 1. The summed E-state index contributed by atoms with van der Waals surface area (Å²) in [6.45, 7) is 1.75. The Morgan fingerprint density at radius 2 is 2.10 bits per heavy atom. The standard InChI is InChI=1S/C13H14BrN3O3/c1-7-16-11(13(18)20-3)12(15)17(7)9-6-8(14)4-5-10(9)19-2/h4-6H,15H2,1-3H3. The van der Waals surface area contributed by atoms with E-state index in [4.69, 9.17) is 10.5 Å². The van der Waals surface area contributed by atoms with Crippen molar-refractivity contribution >= 4 is 27.7 Å². The third kappa shape index (κ3) is 2.36. The molecule has 20 heavy (non-hydrogen) atoms. The zero-order chi connectivity index (χ0) is 14.9. The highest BCUT2D eigenvalue weighted by molar-refractivity contribution is 9.10. The molecule has 2 rings (SSSR count). The normalized spacial score (nSPS) is 10.4. The molecule has 7 heteroatoms. The molecule has 1 aromatic carbocycles. The maximum absolute atomic E-state index is 11.6. The molecule has 0 bridgehead atoms. The number of ether oxygens (including phenoxy) is 2. The fraction of sp³-hybridized carbons (Fsp3) is 0.231. The van der Waals surface area contributed by atoms with Crippen molar-refractivity contribution in [2.45, 2.75) is 6.92 Å². The Labute approximate surface area is 124 Å². The van der Waals surface area contributed by atoms with Gasteiger partial charge in [0.2, 0.25) is 0 Å². The van der Waals surface area contributed by atoms with Crippen molar-refractivity contribution < 1.29 is 14.3 Å². The summed E-state index contributed by atoms with van der Waals surface area (Å²) in [5.74, 6) is 0.833. The average molecular weight is 340 g/mol. The number of anilines is 1. The lowest BCUT2D eigenvalue weighted by molar-refractivity contribution is 0.0596. The van der Waals surface area contributed by atoms with E-state index in [0.717, 1.165) is 4.47 Å². The molecule has 2 aromatic rings. The highest BCUT2D eigenvalue weighted by atomic mass is 79.9. The van der Waals surface area contributed by atoms with Gasteiger partial charge in [0.25, 0.3) is 0 Å². The molecule has 1 aromatic heterocycles. The second-order valence-corrected chi connectivity index (χ2v) is 4.95. The van der Waals surface area contributed by atoms with Crippen LogP contribution in [0.25, 0.3) is 5.69 Å². The number of hydrogen-bond acceptors (Lipinski definition) is 5. The second-order valence-electron chi connectivity index (χ2n) is 4.04. The maximum Gasteiger partial charge on any atom is 0.360 e. The van der Waals surface area contributed by atoms with Crippen LogP contribution in [-0.2, 0) is 4.74 Å². The summed E-state index contributed by atoms with van der Waals surface area (Å²) < 4.78 is 12.5. The van der Waals surface area contributed by atoms with E-state index in [1.54, 1.807) is 24.7 Å². The fourth-order valence-electron chi connectivity index (χ4n) is 1.94. The number of hydrogen-bond donors (Lipinski definition) is 1. The van der Waals surface area contributed by atoms with E-state index >= 15 is 0 Å². The Bertz CT molecular complexity index is 667. The number of rotatable bonds is 3. The van der Waals surface area contributed by atoms with Crippen molar-refractivity contribution in [1.82, 2.24) is 9.55 Å². The van der Waals surface area contributed by atoms with Gasteiger partial charge >= 0.3 is 5.97 Å². The van der Waals surface area contributed by atoms with Crippen LogP contribution in [-0.4, -0.2) is 29.7 Å². The molecule has 0 aliphatic rings. The predicted octanol–water partition coefficient (Wildman–Crippen LogP) is 2.32. The molecule has 0 fully saturated rings. The first kappa shape index (κ1) is 14.4. The van der Waals surface area contributed by atoms with Gasteiger partial charge in [-0.2, -0.15) is 0 Å². The van der Waals surface area contributed by atoms with E-state index in [1.807, 2.05) is 12.1 Å². The van der Waals surface area contributed by atoms with Gasteiger partial charge in [0, 0.05) is 4.47 Å². The van der Waals surface area contributed by atoms with Crippen LogP contribution < -0.4 is 10.5 Å². The number of esters is 1. The number of imidazole rings is 1. The van der Waals surface area contributed by atoms with Crippen molar-refractivity contribution in [3.63, 3.8) is 0 Å². The number of benzene rings is 1. The molecule has 0 saturated heterocycles. The Balaban J connectivity index is 2.67. The van der Waals surface area contributed by atoms with Gasteiger partial charge in [-0.3, -0.25) is 4.57 Å². The summed E-state index contributed by atoms with van der Waals surface area (Å²) in [6.07, 6.45) is 0. The number of carbonyl (C=O) groups excluding carboxylic acids is 1. The van der Waals surface area contributed by atoms with E-state index in [9.17, 15) is 4.79 Å². The van der Waals surface area contributed by atoms with Crippen LogP contribution in [0.1, 0.15) is 16.3 Å². The smallest absolute Gasteiger partial charge is 0.360 e. The summed E-state index contributed by atoms with van der Waals surface area (Å²) in [4.78, 5) is 15.8. The summed E-state index contributed by atoms with van der Waals surface area (Å²) in [6, 6.07) is 5.49. The highest BCUT2D eigenvalue weighted by Crippen LogP contribution is 2.31. The highest BCUT2D eigenvalue weighted by Gasteiger charge is 2.21. The minimum atomic E-state index is -0.571. The Morgan fingerprint density at radius 3 is 2.70 bits per heavy atom. The SMILES string of the molecule is COC(=O)c1nc(C)n(-c2cc(Br)ccc2OC)c1N. The van der Waals surface area contributed by atoms with E-state index in [2.05, 4.69) is 25.7 Å². The van der Waals surface area contributed by atoms with Gasteiger partial charge in [-0.1, -0.05) is 15.9 Å². The van der Waals surface area contributed by atoms with Crippen LogP contribution in [0, 0.1) is 6.92 Å². The Hall–Kier alpha value is -2.02. The predicted molar refractivity (Wildman–Crippen MR) is 78.3 cm³/mol. The molecule has 0 aliphatic heterocycles. The lowest BCUT2D eigenvalue weighted by atomic mass is 10.3. The number of methoxy groups -OCH3 is 2. The molecule has 0 saturated carbocycles. The molecule has 0 unspecified atom stereocenters. The van der Waals surface area contributed by atoms with Crippen molar-refractivity contribution in [2.24, 2.45) is 0 Å². The number of aromatic nitrogens is 2. The Morgan fingerprint density at radius 1 is 1.40 bits per heavy atom. The van der Waals surface area contributed by atoms with Crippen LogP contribution in [0.15, 0.2) is 22.7 Å². The van der Waals surface area contributed by atoms with Crippen LogP contribution in [0.2, 0.25) is 0 Å². The lowest BCUT2D eigenvalue weighted by Gasteiger charge is -2.12. The van der Waals surface area contributed by atoms with Gasteiger partial charge in [0.1, 0.15) is 17.4 Å². The molecule has 6 nitrogen and oxygen atoms in total. The summed E-state index contributed by atoms with van der Waals surface area (Å²) in [5.41, 5.74) is 6.80. The summed E-state index contributed by atoms with van der Waals surface area (Å²) >= 11 is 3.40. The quantitative estimate of drug-likeness (QED) is 0.868. The van der Waals surface area contributed by atoms with Gasteiger partial charge in [-0.15, -0.1) is 0 Å². The van der Waals surface area contributed by atoms with Crippen LogP contribution in [0.3, 0.4) is 0 Å². The van der Waals surface area contributed by atoms with Gasteiger partial charge in [0.15, 0.2) is 5.69 Å². The lowest BCUT2D eigenvalue weighted by Crippen LogP contribution is -2.08. The van der Waals surface area contributed by atoms with Crippen LogP contribution >= 0.6 is 15.9 Å². The number of halogens is 1. The third-order valence-corrected chi connectivity index (χ3v) is 3.33. The van der Waals surface area contributed by atoms with E-state index < -0.39 is 5.97 Å². The first-order valence-electron chi connectivity index (χ1n) is 5.76. The molecule has 2 N–H and O–H groups in total. The van der Waals surface area contributed by atoms with E-state index in [1.165, 1.54) is 7.11 Å². The first-order chi connectivity index (χ1) is 9.49. The molecule has 0 spiro atoms. The minimum Gasteiger partial charge on any atom is -0.495 e. The van der Waals surface area contributed by atoms with Gasteiger partial charge in [0.05, 0.1) is 19.9 Å². The zero-order valence-corrected chi connectivity index (χ0v) is 12.9. The molecule has 1 heterocycles. The number of aryl methyl sites for hydroxylation is 1.